The van der Waals surface area contributed by atoms with Crippen LogP contribution < -0.4 is 10.6 Å². The van der Waals surface area contributed by atoms with Crippen LogP contribution in [0.4, 0.5) is 5.82 Å². The SMILES string of the molecule is CCn1nccc1NC(=O)[C@@H]1CCCCN1.Cl. The number of anilines is 1. The van der Waals surface area contributed by atoms with Crippen molar-refractivity contribution in [2.45, 2.75) is 38.8 Å². The number of hydrogen-bond acceptors (Lipinski definition) is 3. The third-order valence-electron chi connectivity index (χ3n) is 2.89. The van der Waals surface area contributed by atoms with Crippen LogP contribution >= 0.6 is 12.4 Å². The average molecular weight is 259 g/mol. The van der Waals surface area contributed by atoms with E-state index in [1.54, 1.807) is 10.9 Å². The van der Waals surface area contributed by atoms with Crippen molar-refractivity contribution in [3.63, 3.8) is 0 Å². The van der Waals surface area contributed by atoms with Gasteiger partial charge in [-0.15, -0.1) is 12.4 Å². The summed E-state index contributed by atoms with van der Waals surface area (Å²) in [5.41, 5.74) is 0. The molecular formula is C11H19ClN4O. The van der Waals surface area contributed by atoms with Crippen LogP contribution in [0.5, 0.6) is 0 Å². The summed E-state index contributed by atoms with van der Waals surface area (Å²) in [4.78, 5) is 11.9. The summed E-state index contributed by atoms with van der Waals surface area (Å²) in [6, 6.07) is 1.78. The summed E-state index contributed by atoms with van der Waals surface area (Å²) < 4.78 is 1.78. The lowest BCUT2D eigenvalue weighted by Gasteiger charge is -2.22. The second-order valence-electron chi connectivity index (χ2n) is 4.02. The fraction of sp³-hybridized carbons (Fsp3) is 0.636. The van der Waals surface area contributed by atoms with Crippen LogP contribution in [0.3, 0.4) is 0 Å². The van der Waals surface area contributed by atoms with Crippen molar-refractivity contribution in [2.24, 2.45) is 0 Å². The van der Waals surface area contributed by atoms with E-state index in [-0.39, 0.29) is 24.4 Å². The van der Waals surface area contributed by atoms with E-state index in [2.05, 4.69) is 15.7 Å². The van der Waals surface area contributed by atoms with Gasteiger partial charge >= 0.3 is 0 Å². The molecule has 0 unspecified atom stereocenters. The summed E-state index contributed by atoms with van der Waals surface area (Å²) in [5, 5.41) is 10.3. The number of hydrogen-bond donors (Lipinski definition) is 2. The molecule has 2 heterocycles. The Morgan fingerprint density at radius 2 is 2.47 bits per heavy atom. The highest BCUT2D eigenvalue weighted by Gasteiger charge is 2.21. The molecule has 6 heteroatoms. The van der Waals surface area contributed by atoms with Crippen LogP contribution in [-0.2, 0) is 11.3 Å². The van der Waals surface area contributed by atoms with E-state index in [0.717, 1.165) is 38.2 Å². The third kappa shape index (κ3) is 3.44. The zero-order chi connectivity index (χ0) is 11.4. The lowest BCUT2D eigenvalue weighted by molar-refractivity contribution is -0.118. The van der Waals surface area contributed by atoms with Crippen LogP contribution in [0.15, 0.2) is 12.3 Å². The highest BCUT2D eigenvalue weighted by atomic mass is 35.5. The number of halogens is 1. The largest absolute Gasteiger partial charge is 0.310 e. The summed E-state index contributed by atoms with van der Waals surface area (Å²) in [5.74, 6) is 0.828. The maximum atomic E-state index is 11.9. The molecular weight excluding hydrogens is 240 g/mol. The molecule has 0 spiro atoms. The summed E-state index contributed by atoms with van der Waals surface area (Å²) in [6.07, 6.45) is 4.91. The topological polar surface area (TPSA) is 59.0 Å². The predicted octanol–water partition coefficient (Wildman–Crippen LogP) is 1.41. The van der Waals surface area contributed by atoms with Gasteiger partial charge in [-0.05, 0) is 26.3 Å². The minimum absolute atomic E-state index is 0. The van der Waals surface area contributed by atoms with Crippen molar-refractivity contribution in [3.05, 3.63) is 12.3 Å². The fourth-order valence-corrected chi connectivity index (χ4v) is 1.98. The molecule has 1 saturated heterocycles. The summed E-state index contributed by atoms with van der Waals surface area (Å²) in [6.45, 7) is 3.70. The van der Waals surface area contributed by atoms with Gasteiger partial charge < -0.3 is 10.6 Å². The van der Waals surface area contributed by atoms with E-state index in [1.165, 1.54) is 0 Å². The van der Waals surface area contributed by atoms with Crippen LogP contribution in [0.2, 0.25) is 0 Å². The number of nitrogens with one attached hydrogen (secondary N) is 2. The Balaban J connectivity index is 0.00000144. The molecule has 0 bridgehead atoms. The molecule has 0 saturated carbocycles. The van der Waals surface area contributed by atoms with Crippen LogP contribution in [0.1, 0.15) is 26.2 Å². The first kappa shape index (κ1) is 14.0. The Bertz CT molecular complexity index is 360. The van der Waals surface area contributed by atoms with Crippen molar-refractivity contribution < 1.29 is 4.79 Å². The molecule has 0 aromatic carbocycles. The molecule has 1 aromatic rings. The van der Waals surface area contributed by atoms with Gasteiger partial charge in [-0.3, -0.25) is 4.79 Å². The lowest BCUT2D eigenvalue weighted by atomic mass is 10.0. The maximum absolute atomic E-state index is 11.9. The van der Waals surface area contributed by atoms with Gasteiger partial charge in [0, 0.05) is 12.6 Å². The Hall–Kier alpha value is -1.07. The van der Waals surface area contributed by atoms with Crippen molar-refractivity contribution in [1.29, 1.82) is 0 Å². The van der Waals surface area contributed by atoms with E-state index in [1.807, 2.05) is 13.0 Å². The van der Waals surface area contributed by atoms with Gasteiger partial charge in [0.25, 0.3) is 0 Å². The first-order chi connectivity index (χ1) is 7.81. The first-order valence-corrected chi connectivity index (χ1v) is 5.87. The highest BCUT2D eigenvalue weighted by molar-refractivity contribution is 5.94. The third-order valence-corrected chi connectivity index (χ3v) is 2.89. The monoisotopic (exact) mass is 258 g/mol. The first-order valence-electron chi connectivity index (χ1n) is 5.87. The number of carbonyl (C=O) groups is 1. The molecule has 2 rings (SSSR count). The molecule has 17 heavy (non-hydrogen) atoms. The van der Waals surface area contributed by atoms with E-state index < -0.39 is 0 Å². The summed E-state index contributed by atoms with van der Waals surface area (Å²) in [7, 11) is 0. The van der Waals surface area contributed by atoms with Gasteiger partial charge in [-0.1, -0.05) is 6.42 Å². The molecule has 1 aromatic heterocycles. The molecule has 96 valence electrons. The Morgan fingerprint density at radius 3 is 3.12 bits per heavy atom. The van der Waals surface area contributed by atoms with E-state index in [9.17, 15) is 4.79 Å². The smallest absolute Gasteiger partial charge is 0.242 e. The molecule has 1 aliphatic rings. The number of aryl methyl sites for hydroxylation is 1. The van der Waals surface area contributed by atoms with Crippen molar-refractivity contribution in [3.8, 4) is 0 Å². The van der Waals surface area contributed by atoms with Crippen molar-refractivity contribution in [1.82, 2.24) is 15.1 Å². The van der Waals surface area contributed by atoms with E-state index in [0.29, 0.717) is 0 Å². The van der Waals surface area contributed by atoms with Crippen LogP contribution in [-0.4, -0.2) is 28.3 Å². The molecule has 0 radical (unpaired) electrons. The van der Waals surface area contributed by atoms with Crippen molar-refractivity contribution in [2.75, 3.05) is 11.9 Å². The standard InChI is InChI=1S/C11H18N4O.ClH/c1-2-15-10(6-8-13-15)14-11(16)9-5-3-4-7-12-9;/h6,8-9,12H,2-5,7H2,1H3,(H,14,16);1H/t9-;/m0./s1. The molecule has 1 aliphatic heterocycles. The van der Waals surface area contributed by atoms with Gasteiger partial charge in [0.05, 0.1) is 12.2 Å². The maximum Gasteiger partial charge on any atom is 0.242 e. The fourth-order valence-electron chi connectivity index (χ4n) is 1.98. The van der Waals surface area contributed by atoms with Crippen molar-refractivity contribution >= 4 is 24.1 Å². The van der Waals surface area contributed by atoms with Gasteiger partial charge in [-0.2, -0.15) is 5.10 Å². The van der Waals surface area contributed by atoms with Gasteiger partial charge in [0.15, 0.2) is 0 Å². The molecule has 0 aliphatic carbocycles. The Labute approximate surface area is 107 Å². The highest BCUT2D eigenvalue weighted by Crippen LogP contribution is 2.11. The minimum Gasteiger partial charge on any atom is -0.310 e. The lowest BCUT2D eigenvalue weighted by Crippen LogP contribution is -2.43. The van der Waals surface area contributed by atoms with Crippen LogP contribution in [0.25, 0.3) is 0 Å². The van der Waals surface area contributed by atoms with E-state index in [4.69, 9.17) is 0 Å². The molecule has 5 nitrogen and oxygen atoms in total. The minimum atomic E-state index is -0.0473. The number of nitrogens with zero attached hydrogens (tertiary/aromatic N) is 2. The average Bonchev–Trinajstić information content (AvgIpc) is 2.77. The molecule has 1 amide bonds. The zero-order valence-corrected chi connectivity index (χ0v) is 10.8. The molecule has 1 fully saturated rings. The summed E-state index contributed by atoms with van der Waals surface area (Å²) >= 11 is 0. The number of rotatable bonds is 3. The zero-order valence-electron chi connectivity index (χ0n) is 9.98. The molecule has 2 N–H and O–H groups in total. The molecule has 1 atom stereocenters. The van der Waals surface area contributed by atoms with Gasteiger partial charge in [-0.25, -0.2) is 4.68 Å². The van der Waals surface area contributed by atoms with E-state index >= 15 is 0 Å². The second-order valence-corrected chi connectivity index (χ2v) is 4.02. The van der Waals surface area contributed by atoms with Gasteiger partial charge in [0.1, 0.15) is 5.82 Å². The van der Waals surface area contributed by atoms with Crippen LogP contribution in [0, 0.1) is 0 Å². The Morgan fingerprint density at radius 1 is 1.65 bits per heavy atom. The quantitative estimate of drug-likeness (QED) is 0.862. The normalized spacial score (nSPS) is 19.5. The van der Waals surface area contributed by atoms with Gasteiger partial charge in [0.2, 0.25) is 5.91 Å². The second kappa shape index (κ2) is 6.61. The number of carbonyl (C=O) groups excluding carboxylic acids is 1. The number of amides is 1. The number of piperidine rings is 1. The predicted molar refractivity (Wildman–Crippen MR) is 69.4 cm³/mol. The number of aromatic nitrogens is 2. The Kier molecular flexibility index (Phi) is 5.44.